The van der Waals surface area contributed by atoms with Gasteiger partial charge in [0.2, 0.25) is 5.91 Å². The molecule has 1 saturated heterocycles. The van der Waals surface area contributed by atoms with Crippen LogP contribution < -0.4 is 5.32 Å². The van der Waals surface area contributed by atoms with E-state index in [1.165, 1.54) is 0 Å². The van der Waals surface area contributed by atoms with E-state index in [-0.39, 0.29) is 36.9 Å². The maximum absolute atomic E-state index is 12.3. The first-order chi connectivity index (χ1) is 21.2. The normalized spacial score (nSPS) is 19.0. The van der Waals surface area contributed by atoms with Crippen molar-refractivity contribution >= 4 is 17.6 Å². The second kappa shape index (κ2) is 16.3. The Balaban J connectivity index is 1.40. The van der Waals surface area contributed by atoms with E-state index in [2.05, 4.69) is 5.32 Å². The number of aliphatic hydroxyl groups excluding tert-OH is 2. The number of likely N-dealkylation sites (N-methyl/N-ethyl adjacent to an activating group) is 1. The van der Waals surface area contributed by atoms with Gasteiger partial charge < -0.3 is 40.1 Å². The van der Waals surface area contributed by atoms with Gasteiger partial charge in [0.05, 0.1) is 24.9 Å². The van der Waals surface area contributed by atoms with E-state index in [1.807, 2.05) is 48.3 Å². The zero-order valence-electron chi connectivity index (χ0n) is 25.0. The lowest BCUT2D eigenvalue weighted by atomic mass is 9.99. The van der Waals surface area contributed by atoms with E-state index in [4.69, 9.17) is 14.6 Å². The van der Waals surface area contributed by atoms with Gasteiger partial charge in [0.25, 0.3) is 0 Å². The first-order valence-corrected chi connectivity index (χ1v) is 15.0. The summed E-state index contributed by atoms with van der Waals surface area (Å²) in [5.74, 6) is -0.845. The highest BCUT2D eigenvalue weighted by Gasteiger charge is 2.33. The average Bonchev–Trinajstić information content (AvgIpc) is 3.01. The van der Waals surface area contributed by atoms with E-state index in [9.17, 15) is 24.9 Å². The minimum Gasteiger partial charge on any atom is -0.508 e. The molecule has 0 spiro atoms. The molecule has 0 unspecified atom stereocenters. The zero-order valence-corrected chi connectivity index (χ0v) is 25.0. The standard InChI is InChI=1S/C34H42N2O8/c1-36(21-30(39)26-6-5-7-28(38)18-26)20-29-19-31(24-12-10-23(22-37)11-13-24)44-34(43-29)25-14-16-27(17-15-25)35-32(40)8-3-2-4-9-33(41)42/h5-7,10-18,29-31,34,37-39H,2-4,8-9,19-22H2,1H3,(H,35,40)(H,41,42)/t29-,30-,31+,34+/m1/s1. The first-order valence-electron chi connectivity index (χ1n) is 15.0. The van der Waals surface area contributed by atoms with Crippen molar-refractivity contribution < 1.29 is 39.5 Å². The molecule has 0 bridgehead atoms. The van der Waals surface area contributed by atoms with E-state index < -0.39 is 18.4 Å². The van der Waals surface area contributed by atoms with Crippen molar-refractivity contribution in [1.29, 1.82) is 0 Å². The number of phenols is 1. The number of anilines is 1. The summed E-state index contributed by atoms with van der Waals surface area (Å²) >= 11 is 0. The van der Waals surface area contributed by atoms with Gasteiger partial charge in [0, 0.05) is 43.6 Å². The van der Waals surface area contributed by atoms with Gasteiger partial charge in [-0.2, -0.15) is 0 Å². The number of benzene rings is 3. The van der Waals surface area contributed by atoms with Crippen LogP contribution in [0.1, 0.15) is 79.3 Å². The number of hydrogen-bond acceptors (Lipinski definition) is 8. The largest absolute Gasteiger partial charge is 0.508 e. The molecule has 0 aromatic heterocycles. The number of phenolic OH excluding ortho intramolecular Hbond substituents is 1. The lowest BCUT2D eigenvalue weighted by Crippen LogP contribution is -2.39. The predicted molar refractivity (Wildman–Crippen MR) is 165 cm³/mol. The van der Waals surface area contributed by atoms with E-state index >= 15 is 0 Å². The molecule has 1 amide bonds. The van der Waals surface area contributed by atoms with E-state index in [0.29, 0.717) is 56.4 Å². The molecule has 44 heavy (non-hydrogen) atoms. The molecule has 0 aliphatic carbocycles. The fourth-order valence-electron chi connectivity index (χ4n) is 5.27. The number of hydrogen-bond donors (Lipinski definition) is 5. The number of nitrogens with zero attached hydrogens (tertiary/aromatic N) is 1. The smallest absolute Gasteiger partial charge is 0.303 e. The molecule has 3 aromatic carbocycles. The highest BCUT2D eigenvalue weighted by Crippen LogP contribution is 2.38. The van der Waals surface area contributed by atoms with Gasteiger partial charge in [-0.3, -0.25) is 9.59 Å². The Hall–Kier alpha value is -3.80. The number of aliphatic hydroxyl groups is 2. The van der Waals surface area contributed by atoms with Gasteiger partial charge in [-0.1, -0.05) is 55.0 Å². The van der Waals surface area contributed by atoms with Gasteiger partial charge >= 0.3 is 5.97 Å². The van der Waals surface area contributed by atoms with Crippen molar-refractivity contribution in [3.8, 4) is 5.75 Å². The molecule has 10 heteroatoms. The third kappa shape index (κ3) is 10.1. The molecule has 0 saturated carbocycles. The third-order valence-corrected chi connectivity index (χ3v) is 7.63. The minimum atomic E-state index is -0.825. The molecule has 1 aliphatic rings. The summed E-state index contributed by atoms with van der Waals surface area (Å²) < 4.78 is 12.8. The first kappa shape index (κ1) is 33.1. The number of aromatic hydroxyl groups is 1. The van der Waals surface area contributed by atoms with Gasteiger partial charge in [-0.15, -0.1) is 0 Å². The molecular weight excluding hydrogens is 564 g/mol. The van der Waals surface area contributed by atoms with Gasteiger partial charge in [0.1, 0.15) is 5.75 Å². The summed E-state index contributed by atoms with van der Waals surface area (Å²) in [7, 11) is 1.91. The van der Waals surface area contributed by atoms with Crippen LogP contribution in [0.4, 0.5) is 5.69 Å². The summed E-state index contributed by atoms with van der Waals surface area (Å²) in [6.07, 6.45) is 0.949. The van der Waals surface area contributed by atoms with Crippen LogP contribution in [0.25, 0.3) is 0 Å². The monoisotopic (exact) mass is 606 g/mol. The van der Waals surface area contributed by atoms with Crippen molar-refractivity contribution in [2.75, 3.05) is 25.5 Å². The van der Waals surface area contributed by atoms with Crippen LogP contribution in [-0.4, -0.2) is 63.4 Å². The van der Waals surface area contributed by atoms with Gasteiger partial charge in [-0.25, -0.2) is 0 Å². The van der Waals surface area contributed by atoms with Crippen LogP contribution in [0.15, 0.2) is 72.8 Å². The molecule has 0 radical (unpaired) electrons. The number of carboxylic acid groups (broad SMARTS) is 1. The van der Waals surface area contributed by atoms with Crippen molar-refractivity contribution in [2.45, 2.75) is 69.7 Å². The number of carboxylic acids is 1. The number of nitrogens with one attached hydrogen (secondary N) is 1. The lowest BCUT2D eigenvalue weighted by molar-refractivity contribution is -0.252. The number of carbonyl (C=O) groups is 2. The van der Waals surface area contributed by atoms with Gasteiger partial charge in [-0.05, 0) is 60.8 Å². The average molecular weight is 607 g/mol. The topological polar surface area (TPSA) is 149 Å². The SMILES string of the molecule is CN(C[C@H]1C[C@@H](c2ccc(CO)cc2)O[C@@H](c2ccc(NC(=O)CCCCCC(=O)O)cc2)O1)C[C@@H](O)c1cccc(O)c1. The summed E-state index contributed by atoms with van der Waals surface area (Å²) in [6, 6.07) is 21.6. The summed E-state index contributed by atoms with van der Waals surface area (Å²) in [5, 5.41) is 41.6. The second-order valence-electron chi connectivity index (χ2n) is 11.3. The number of carbonyl (C=O) groups excluding carboxylic acids is 1. The minimum absolute atomic E-state index is 0.0416. The van der Waals surface area contributed by atoms with Crippen molar-refractivity contribution in [1.82, 2.24) is 4.90 Å². The number of unbranched alkanes of at least 4 members (excludes halogenated alkanes) is 2. The highest BCUT2D eigenvalue weighted by atomic mass is 16.7. The summed E-state index contributed by atoms with van der Waals surface area (Å²) in [5.41, 5.74) is 3.85. The van der Waals surface area contributed by atoms with Crippen LogP contribution in [0, 0.1) is 0 Å². The van der Waals surface area contributed by atoms with Crippen LogP contribution in [0.3, 0.4) is 0 Å². The molecule has 1 aliphatic heterocycles. The lowest BCUT2D eigenvalue weighted by Gasteiger charge is -2.38. The zero-order chi connectivity index (χ0) is 31.5. The number of amides is 1. The fourth-order valence-corrected chi connectivity index (χ4v) is 5.27. The Morgan fingerprint density at radius 3 is 2.34 bits per heavy atom. The molecule has 1 heterocycles. The predicted octanol–water partition coefficient (Wildman–Crippen LogP) is 5.07. The molecule has 236 valence electrons. The Labute approximate surface area is 257 Å². The number of rotatable bonds is 15. The van der Waals surface area contributed by atoms with Crippen molar-refractivity contribution in [3.05, 3.63) is 95.1 Å². The molecule has 4 rings (SSSR count). The molecule has 4 atom stereocenters. The third-order valence-electron chi connectivity index (χ3n) is 7.63. The number of aliphatic carboxylic acids is 1. The second-order valence-corrected chi connectivity index (χ2v) is 11.3. The van der Waals surface area contributed by atoms with Crippen molar-refractivity contribution in [2.24, 2.45) is 0 Å². The van der Waals surface area contributed by atoms with E-state index in [0.717, 1.165) is 16.7 Å². The molecule has 1 fully saturated rings. The maximum atomic E-state index is 12.3. The molecule has 10 nitrogen and oxygen atoms in total. The maximum Gasteiger partial charge on any atom is 0.303 e. The van der Waals surface area contributed by atoms with Crippen molar-refractivity contribution in [3.63, 3.8) is 0 Å². The fraction of sp³-hybridized carbons (Fsp3) is 0.412. The Morgan fingerprint density at radius 1 is 0.955 bits per heavy atom. The molecular formula is C34H42N2O8. The van der Waals surface area contributed by atoms with E-state index in [1.54, 1.807) is 36.4 Å². The Kier molecular flexibility index (Phi) is 12.3. The van der Waals surface area contributed by atoms with Crippen LogP contribution in [0.2, 0.25) is 0 Å². The molecule has 3 aromatic rings. The molecule has 5 N–H and O–H groups in total. The summed E-state index contributed by atoms with van der Waals surface area (Å²) in [4.78, 5) is 25.0. The quantitative estimate of drug-likeness (QED) is 0.150. The summed E-state index contributed by atoms with van der Waals surface area (Å²) in [6.45, 7) is 0.834. The highest BCUT2D eigenvalue weighted by molar-refractivity contribution is 5.90. The number of ether oxygens (including phenoxy) is 2. The van der Waals surface area contributed by atoms with Crippen LogP contribution >= 0.6 is 0 Å². The Bertz CT molecular complexity index is 1350. The van der Waals surface area contributed by atoms with Gasteiger partial charge in [0.15, 0.2) is 6.29 Å². The van der Waals surface area contributed by atoms with Crippen LogP contribution in [0.5, 0.6) is 5.75 Å². The van der Waals surface area contributed by atoms with Crippen LogP contribution in [-0.2, 0) is 25.7 Å². The Morgan fingerprint density at radius 2 is 1.66 bits per heavy atom.